The molecule has 2 aliphatic carbocycles. The van der Waals surface area contributed by atoms with E-state index in [0.29, 0.717) is 6.54 Å². The summed E-state index contributed by atoms with van der Waals surface area (Å²) in [5, 5.41) is 0. The zero-order valence-electron chi connectivity index (χ0n) is 20.7. The number of halogens is 1. The van der Waals surface area contributed by atoms with Gasteiger partial charge in [-0.1, -0.05) is 36.4 Å². The Morgan fingerprint density at radius 2 is 1.95 bits per heavy atom. The number of nitrogens with one attached hydrogen (secondary N) is 1. The van der Waals surface area contributed by atoms with Gasteiger partial charge in [-0.2, -0.15) is 0 Å². The second kappa shape index (κ2) is 10.1. The van der Waals surface area contributed by atoms with Crippen LogP contribution in [0.3, 0.4) is 0 Å². The molecular weight excluding hydrogens is 483 g/mol. The highest BCUT2D eigenvalue weighted by molar-refractivity contribution is 7.97. The third kappa shape index (κ3) is 5.06. The molecule has 37 heavy (non-hydrogen) atoms. The van der Waals surface area contributed by atoms with Gasteiger partial charge < -0.3 is 9.47 Å². The number of aryl methyl sites for hydroxylation is 2. The lowest BCUT2D eigenvalue weighted by atomic mass is 10.1. The number of carbonyl (C=O) groups excluding carboxylic acids is 1. The molecule has 1 fully saturated rings. The Bertz CT molecular complexity index is 1400. The van der Waals surface area contributed by atoms with Crippen molar-refractivity contribution in [2.75, 3.05) is 4.90 Å². The normalized spacial score (nSPS) is 20.0. The number of imidazole rings is 1. The molecule has 1 heterocycles. The molecule has 1 N–H and O–H groups in total. The van der Waals surface area contributed by atoms with Crippen LogP contribution in [0.25, 0.3) is 0 Å². The number of fused-ring (bicyclic) bond motifs is 1. The molecule has 0 bridgehead atoms. The van der Waals surface area contributed by atoms with Crippen LogP contribution in [-0.2, 0) is 24.8 Å². The predicted octanol–water partition coefficient (Wildman–Crippen LogP) is 6.18. The molecule has 3 atom stereocenters. The fraction of sp³-hybridized carbons (Fsp3) is 0.267. The highest BCUT2D eigenvalue weighted by Gasteiger charge is 2.46. The largest absolute Gasteiger partial charge is 0.337 e. The van der Waals surface area contributed by atoms with E-state index in [4.69, 9.17) is 0 Å². The molecule has 4 aromatic rings. The molecule has 1 saturated carbocycles. The van der Waals surface area contributed by atoms with Gasteiger partial charge in [-0.05, 0) is 90.2 Å². The Balaban J connectivity index is 1.25. The van der Waals surface area contributed by atoms with E-state index >= 15 is 0 Å². The van der Waals surface area contributed by atoms with E-state index in [1.807, 2.05) is 40.9 Å². The summed E-state index contributed by atoms with van der Waals surface area (Å²) in [7, 11) is 1.96. The van der Waals surface area contributed by atoms with Gasteiger partial charge in [0, 0.05) is 42.0 Å². The smallest absolute Gasteiger partial charge is 0.231 e. The lowest BCUT2D eigenvalue weighted by Crippen LogP contribution is -2.33. The number of hydrogen-bond acceptors (Lipinski definition) is 4. The monoisotopic (exact) mass is 512 g/mol. The van der Waals surface area contributed by atoms with E-state index < -0.39 is 0 Å². The summed E-state index contributed by atoms with van der Waals surface area (Å²) in [5.74, 6) is 1.03. The van der Waals surface area contributed by atoms with Crippen LogP contribution in [0.5, 0.6) is 0 Å². The first-order valence-electron chi connectivity index (χ1n) is 12.7. The fourth-order valence-corrected chi connectivity index (χ4v) is 6.04. The first-order chi connectivity index (χ1) is 18.1. The Morgan fingerprint density at radius 1 is 1.14 bits per heavy atom. The van der Waals surface area contributed by atoms with Crippen molar-refractivity contribution >= 4 is 23.5 Å². The van der Waals surface area contributed by atoms with Crippen molar-refractivity contribution in [1.82, 2.24) is 14.3 Å². The van der Waals surface area contributed by atoms with Crippen molar-refractivity contribution in [2.45, 2.75) is 42.7 Å². The molecule has 3 unspecified atom stereocenters. The average Bonchev–Trinajstić information content (AvgIpc) is 3.48. The molecule has 188 valence electrons. The molecule has 2 aliphatic rings. The van der Waals surface area contributed by atoms with Crippen molar-refractivity contribution in [3.63, 3.8) is 0 Å². The summed E-state index contributed by atoms with van der Waals surface area (Å²) < 4.78 is 18.8. The van der Waals surface area contributed by atoms with Crippen molar-refractivity contribution in [2.24, 2.45) is 13.0 Å². The van der Waals surface area contributed by atoms with Crippen LogP contribution in [0.4, 0.5) is 10.1 Å². The van der Waals surface area contributed by atoms with Gasteiger partial charge >= 0.3 is 0 Å². The number of carbonyl (C=O) groups is 1. The summed E-state index contributed by atoms with van der Waals surface area (Å²) in [4.78, 5) is 21.3. The SMILES string of the molecule is Cn1ccnc1CN(C(=O)C1CC1c1ccccc1)c1ccc2c(c1)C(NSc1ccc(F)cc1)CC2. The van der Waals surface area contributed by atoms with E-state index in [0.717, 1.165) is 35.7 Å². The molecule has 0 radical (unpaired) electrons. The zero-order chi connectivity index (χ0) is 25.4. The number of benzene rings is 3. The predicted molar refractivity (Wildman–Crippen MR) is 145 cm³/mol. The molecule has 7 heteroatoms. The minimum Gasteiger partial charge on any atom is -0.337 e. The summed E-state index contributed by atoms with van der Waals surface area (Å²) in [5.41, 5.74) is 4.67. The maximum atomic E-state index is 13.9. The number of hydrogen-bond donors (Lipinski definition) is 1. The molecular formula is C30H29FN4OS. The highest BCUT2D eigenvalue weighted by atomic mass is 32.2. The topological polar surface area (TPSA) is 50.2 Å². The first kappa shape index (κ1) is 23.9. The lowest BCUT2D eigenvalue weighted by molar-refractivity contribution is -0.120. The van der Waals surface area contributed by atoms with Crippen molar-refractivity contribution in [1.29, 1.82) is 0 Å². The lowest BCUT2D eigenvalue weighted by Gasteiger charge is -2.24. The molecule has 0 aliphatic heterocycles. The van der Waals surface area contributed by atoms with Crippen LogP contribution in [0.2, 0.25) is 0 Å². The second-order valence-corrected chi connectivity index (χ2v) is 10.8. The van der Waals surface area contributed by atoms with E-state index in [1.54, 1.807) is 18.3 Å². The van der Waals surface area contributed by atoms with Gasteiger partial charge in [0.15, 0.2) is 0 Å². The van der Waals surface area contributed by atoms with Gasteiger partial charge in [-0.25, -0.2) is 9.37 Å². The van der Waals surface area contributed by atoms with Gasteiger partial charge in [-0.15, -0.1) is 0 Å². The van der Waals surface area contributed by atoms with Gasteiger partial charge in [0.05, 0.1) is 6.54 Å². The fourth-order valence-electron chi connectivity index (χ4n) is 5.25. The Hall–Kier alpha value is -3.42. The maximum absolute atomic E-state index is 13.9. The molecule has 5 nitrogen and oxygen atoms in total. The van der Waals surface area contributed by atoms with Crippen LogP contribution >= 0.6 is 11.9 Å². The van der Waals surface area contributed by atoms with E-state index in [-0.39, 0.29) is 29.6 Å². The second-order valence-electron chi connectivity index (χ2n) is 9.89. The van der Waals surface area contributed by atoms with E-state index in [9.17, 15) is 9.18 Å². The molecule has 1 amide bonds. The number of aromatic nitrogens is 2. The maximum Gasteiger partial charge on any atom is 0.231 e. The molecule has 6 rings (SSSR count). The quantitative estimate of drug-likeness (QED) is 0.287. The summed E-state index contributed by atoms with van der Waals surface area (Å²) in [6.07, 6.45) is 6.54. The van der Waals surface area contributed by atoms with Crippen LogP contribution < -0.4 is 9.62 Å². The number of anilines is 1. The zero-order valence-corrected chi connectivity index (χ0v) is 21.5. The number of rotatable bonds is 8. The van der Waals surface area contributed by atoms with Crippen molar-refractivity contribution < 1.29 is 9.18 Å². The highest BCUT2D eigenvalue weighted by Crippen LogP contribution is 2.49. The van der Waals surface area contributed by atoms with Gasteiger partial charge in [-0.3, -0.25) is 9.52 Å². The number of amides is 1. The van der Waals surface area contributed by atoms with Crippen molar-refractivity contribution in [3.05, 3.63) is 114 Å². The van der Waals surface area contributed by atoms with Crippen LogP contribution in [0.15, 0.2) is 90.1 Å². The third-order valence-corrected chi connectivity index (χ3v) is 8.38. The molecule has 0 spiro atoms. The van der Waals surface area contributed by atoms with Crippen LogP contribution in [-0.4, -0.2) is 15.5 Å². The Kier molecular flexibility index (Phi) is 6.57. The number of nitrogens with zero attached hydrogens (tertiary/aromatic N) is 3. The van der Waals surface area contributed by atoms with Crippen molar-refractivity contribution in [3.8, 4) is 0 Å². The Labute approximate surface area is 220 Å². The third-order valence-electron chi connectivity index (χ3n) is 7.47. The van der Waals surface area contributed by atoms with E-state index in [1.165, 1.54) is 40.8 Å². The average molecular weight is 513 g/mol. The van der Waals surface area contributed by atoms with Gasteiger partial charge in [0.25, 0.3) is 0 Å². The van der Waals surface area contributed by atoms with Crippen LogP contribution in [0.1, 0.15) is 47.3 Å². The first-order valence-corrected chi connectivity index (χ1v) is 13.5. The van der Waals surface area contributed by atoms with Crippen LogP contribution in [0, 0.1) is 11.7 Å². The van der Waals surface area contributed by atoms with Gasteiger partial charge in [0.2, 0.25) is 5.91 Å². The molecule has 0 saturated heterocycles. The van der Waals surface area contributed by atoms with Gasteiger partial charge in [0.1, 0.15) is 11.6 Å². The Morgan fingerprint density at radius 3 is 2.70 bits per heavy atom. The molecule has 1 aromatic heterocycles. The summed E-state index contributed by atoms with van der Waals surface area (Å²) in [6, 6.07) is 23.4. The summed E-state index contributed by atoms with van der Waals surface area (Å²) in [6.45, 7) is 0.432. The minimum absolute atomic E-state index is 0.0149. The summed E-state index contributed by atoms with van der Waals surface area (Å²) >= 11 is 1.52. The standard InChI is InChI=1S/C30H29FN4OS/c1-34-16-15-32-29(34)19-35(30(36)27-18-25(27)20-5-3-2-4-6-20)23-11-7-21-8-14-28(26(21)17-23)33-37-24-12-9-22(31)10-13-24/h2-7,9-13,15-17,25,27-28,33H,8,14,18-19H2,1H3. The molecule has 3 aromatic carbocycles. The van der Waals surface area contributed by atoms with E-state index in [2.05, 4.69) is 40.0 Å². The minimum atomic E-state index is -0.233.